The van der Waals surface area contributed by atoms with Crippen molar-refractivity contribution in [1.29, 1.82) is 0 Å². The van der Waals surface area contributed by atoms with Crippen molar-refractivity contribution in [3.63, 3.8) is 0 Å². The van der Waals surface area contributed by atoms with Crippen molar-refractivity contribution in [2.24, 2.45) is 0 Å². The van der Waals surface area contributed by atoms with Gasteiger partial charge in [0, 0.05) is 18.6 Å². The van der Waals surface area contributed by atoms with Crippen LogP contribution in [0.2, 0.25) is 5.02 Å². The topological polar surface area (TPSA) is 66.5 Å². The average Bonchev–Trinajstić information content (AvgIpc) is 2.55. The van der Waals surface area contributed by atoms with Gasteiger partial charge in [-0.25, -0.2) is 8.42 Å². The van der Waals surface area contributed by atoms with Crippen LogP contribution in [0, 0.1) is 0 Å². The van der Waals surface area contributed by atoms with Crippen LogP contribution in [0.4, 0.5) is 0 Å². The first kappa shape index (κ1) is 18.4. The summed E-state index contributed by atoms with van der Waals surface area (Å²) in [5, 5.41) is 0.445. The minimum absolute atomic E-state index is 0.0669. The molecule has 2 rings (SSSR count). The Bertz CT molecular complexity index is 792. The molecule has 0 aliphatic heterocycles. The molecular weight excluding hydrogens is 348 g/mol. The summed E-state index contributed by atoms with van der Waals surface area (Å²) in [6, 6.07) is 14.4. The summed E-state index contributed by atoms with van der Waals surface area (Å²) >= 11 is 5.76. The predicted octanol–water partition coefficient (Wildman–Crippen LogP) is 2.67. The van der Waals surface area contributed by atoms with E-state index in [0.29, 0.717) is 11.6 Å². The van der Waals surface area contributed by atoms with Crippen LogP contribution in [0.5, 0.6) is 0 Å². The molecule has 0 saturated heterocycles. The number of nitrogens with zero attached hydrogens (tertiary/aromatic N) is 1. The fraction of sp³-hybridized carbons (Fsp3) is 0.235. The first-order valence-electron chi connectivity index (χ1n) is 7.36. The van der Waals surface area contributed by atoms with Crippen LogP contribution in [-0.2, 0) is 21.4 Å². The lowest BCUT2D eigenvalue weighted by atomic mass is 10.2. The van der Waals surface area contributed by atoms with Gasteiger partial charge in [-0.3, -0.25) is 4.79 Å². The molecule has 0 fully saturated rings. The fourth-order valence-corrected chi connectivity index (χ4v) is 3.55. The van der Waals surface area contributed by atoms with E-state index in [1.54, 1.807) is 7.05 Å². The molecule has 0 bridgehead atoms. The van der Waals surface area contributed by atoms with Crippen LogP contribution in [0.3, 0.4) is 0 Å². The third-order valence-corrected chi connectivity index (χ3v) is 5.27. The molecule has 0 aliphatic rings. The third kappa shape index (κ3) is 4.80. The number of halogens is 1. The van der Waals surface area contributed by atoms with Crippen LogP contribution in [0.25, 0.3) is 0 Å². The molecule has 5 nitrogen and oxygen atoms in total. The Hall–Kier alpha value is -1.89. The van der Waals surface area contributed by atoms with Crippen molar-refractivity contribution >= 4 is 27.5 Å². The van der Waals surface area contributed by atoms with Gasteiger partial charge >= 0.3 is 0 Å². The molecule has 128 valence electrons. The molecule has 0 heterocycles. The number of carbonyl (C=O) groups is 1. The molecular formula is C17H19ClN2O3S. The number of rotatable bonds is 6. The molecule has 1 amide bonds. The molecule has 0 radical (unpaired) electrons. The molecule has 0 aliphatic carbocycles. The van der Waals surface area contributed by atoms with Crippen molar-refractivity contribution < 1.29 is 13.2 Å². The van der Waals surface area contributed by atoms with Gasteiger partial charge in [-0.15, -0.1) is 0 Å². The van der Waals surface area contributed by atoms with Crippen LogP contribution < -0.4 is 4.72 Å². The molecule has 0 aromatic heterocycles. The first-order chi connectivity index (χ1) is 11.3. The maximum Gasteiger partial charge on any atom is 0.241 e. The maximum atomic E-state index is 12.4. The minimum Gasteiger partial charge on any atom is -0.340 e. The number of likely N-dealkylation sites (N-methyl/N-ethyl adjacent to an activating group) is 1. The van der Waals surface area contributed by atoms with Gasteiger partial charge in [0.2, 0.25) is 15.9 Å². The van der Waals surface area contributed by atoms with Crippen LogP contribution >= 0.6 is 11.6 Å². The van der Waals surface area contributed by atoms with Crippen LogP contribution in [0.15, 0.2) is 59.5 Å². The number of sulfonamides is 1. The zero-order valence-electron chi connectivity index (χ0n) is 13.4. The third-order valence-electron chi connectivity index (χ3n) is 3.47. The Balaban J connectivity index is 2.03. The van der Waals surface area contributed by atoms with E-state index in [4.69, 9.17) is 11.6 Å². The van der Waals surface area contributed by atoms with Crippen molar-refractivity contribution in [1.82, 2.24) is 9.62 Å². The average molecular weight is 367 g/mol. The minimum atomic E-state index is -3.78. The van der Waals surface area contributed by atoms with Gasteiger partial charge in [0.25, 0.3) is 0 Å². The zero-order valence-corrected chi connectivity index (χ0v) is 15.0. The lowest BCUT2D eigenvalue weighted by molar-refractivity contribution is -0.131. The molecule has 2 aromatic rings. The number of amides is 1. The monoisotopic (exact) mass is 366 g/mol. The van der Waals surface area contributed by atoms with E-state index >= 15 is 0 Å². The number of hydrogen-bond acceptors (Lipinski definition) is 3. The Morgan fingerprint density at radius 1 is 1.12 bits per heavy atom. The highest BCUT2D eigenvalue weighted by atomic mass is 35.5. The second-order valence-electron chi connectivity index (χ2n) is 5.48. The Kier molecular flexibility index (Phi) is 5.99. The van der Waals surface area contributed by atoms with Crippen molar-refractivity contribution in [3.05, 3.63) is 65.2 Å². The summed E-state index contributed by atoms with van der Waals surface area (Å²) in [7, 11) is -2.14. The van der Waals surface area contributed by atoms with Crippen molar-refractivity contribution in [2.45, 2.75) is 24.4 Å². The van der Waals surface area contributed by atoms with E-state index in [-0.39, 0.29) is 10.8 Å². The van der Waals surface area contributed by atoms with Gasteiger partial charge < -0.3 is 4.90 Å². The molecule has 0 saturated carbocycles. The molecule has 0 unspecified atom stereocenters. The largest absolute Gasteiger partial charge is 0.340 e. The lowest BCUT2D eigenvalue weighted by Gasteiger charge is -2.22. The predicted molar refractivity (Wildman–Crippen MR) is 94.2 cm³/mol. The molecule has 2 aromatic carbocycles. The van der Waals surface area contributed by atoms with Crippen LogP contribution in [0.1, 0.15) is 12.5 Å². The Morgan fingerprint density at radius 3 is 2.29 bits per heavy atom. The molecule has 7 heteroatoms. The Morgan fingerprint density at radius 2 is 1.71 bits per heavy atom. The number of nitrogens with one attached hydrogen (secondary N) is 1. The summed E-state index contributed by atoms with van der Waals surface area (Å²) in [5.41, 5.74) is 0.973. The van der Waals surface area contributed by atoms with Gasteiger partial charge in [0.15, 0.2) is 0 Å². The van der Waals surface area contributed by atoms with Crippen molar-refractivity contribution in [3.8, 4) is 0 Å². The molecule has 1 atom stereocenters. The van der Waals surface area contributed by atoms with E-state index in [0.717, 1.165) is 5.56 Å². The van der Waals surface area contributed by atoms with E-state index < -0.39 is 16.1 Å². The second-order valence-corrected chi connectivity index (χ2v) is 7.63. The molecule has 0 spiro atoms. The Labute approximate surface area is 147 Å². The quantitative estimate of drug-likeness (QED) is 0.854. The first-order valence-corrected chi connectivity index (χ1v) is 9.22. The fourth-order valence-electron chi connectivity index (χ4n) is 2.23. The van der Waals surface area contributed by atoms with E-state index in [1.165, 1.54) is 36.1 Å². The van der Waals surface area contributed by atoms with Gasteiger partial charge in [0.05, 0.1) is 10.9 Å². The van der Waals surface area contributed by atoms with Crippen molar-refractivity contribution in [2.75, 3.05) is 7.05 Å². The number of benzene rings is 2. The lowest BCUT2D eigenvalue weighted by Crippen LogP contribution is -2.45. The summed E-state index contributed by atoms with van der Waals surface area (Å²) in [5.74, 6) is -0.309. The van der Waals surface area contributed by atoms with Gasteiger partial charge in [-0.2, -0.15) is 4.72 Å². The summed E-state index contributed by atoms with van der Waals surface area (Å²) in [4.78, 5) is 13.9. The van der Waals surface area contributed by atoms with Gasteiger partial charge in [-0.1, -0.05) is 41.9 Å². The molecule has 24 heavy (non-hydrogen) atoms. The molecule has 1 N–H and O–H groups in total. The van der Waals surface area contributed by atoms with E-state index in [1.807, 2.05) is 30.3 Å². The highest BCUT2D eigenvalue weighted by Crippen LogP contribution is 2.14. The van der Waals surface area contributed by atoms with Crippen LogP contribution in [-0.4, -0.2) is 32.3 Å². The SMILES string of the molecule is C[C@@H](NS(=O)(=O)c1ccc(Cl)cc1)C(=O)N(C)Cc1ccccc1. The smallest absolute Gasteiger partial charge is 0.241 e. The summed E-state index contributed by atoms with van der Waals surface area (Å²) in [6.45, 7) is 1.93. The number of carbonyl (C=O) groups excluding carboxylic acids is 1. The summed E-state index contributed by atoms with van der Waals surface area (Å²) in [6.07, 6.45) is 0. The highest BCUT2D eigenvalue weighted by molar-refractivity contribution is 7.89. The summed E-state index contributed by atoms with van der Waals surface area (Å²) < 4.78 is 27.0. The van der Waals surface area contributed by atoms with E-state index in [9.17, 15) is 13.2 Å². The standard InChI is InChI=1S/C17H19ClN2O3S/c1-13(17(21)20(2)12-14-6-4-3-5-7-14)19-24(22,23)16-10-8-15(18)9-11-16/h3-11,13,19H,12H2,1-2H3/t13-/m1/s1. The van der Waals surface area contributed by atoms with Gasteiger partial charge in [0.1, 0.15) is 0 Å². The number of hydrogen-bond donors (Lipinski definition) is 1. The highest BCUT2D eigenvalue weighted by Gasteiger charge is 2.24. The maximum absolute atomic E-state index is 12.4. The normalized spacial score (nSPS) is 12.6. The van der Waals surface area contributed by atoms with E-state index in [2.05, 4.69) is 4.72 Å². The zero-order chi connectivity index (χ0) is 17.7. The second kappa shape index (κ2) is 7.79. The van der Waals surface area contributed by atoms with Gasteiger partial charge in [-0.05, 0) is 36.8 Å².